The van der Waals surface area contributed by atoms with Crippen LogP contribution in [0.2, 0.25) is 10.0 Å². The van der Waals surface area contributed by atoms with Crippen LogP contribution in [0.25, 0.3) is 10.1 Å². The summed E-state index contributed by atoms with van der Waals surface area (Å²) in [6.07, 6.45) is 8.53. The zero-order valence-electron chi connectivity index (χ0n) is 20.5. The number of nitrogens with one attached hydrogen (secondary N) is 2. The van der Waals surface area contributed by atoms with Gasteiger partial charge in [0.05, 0.1) is 15.6 Å². The van der Waals surface area contributed by atoms with Crippen molar-refractivity contribution in [2.45, 2.75) is 44.1 Å². The molecule has 37 heavy (non-hydrogen) atoms. The molecular weight excluding hydrogens is 531 g/mol. The van der Waals surface area contributed by atoms with Gasteiger partial charge < -0.3 is 20.8 Å². The largest absolute Gasteiger partial charge is 0.478 e. The molecular formula is C28H32Cl2N2O4S. The Morgan fingerprint density at radius 1 is 0.892 bits per heavy atom. The van der Waals surface area contributed by atoms with Gasteiger partial charge in [-0.25, -0.2) is 9.59 Å². The van der Waals surface area contributed by atoms with E-state index in [9.17, 15) is 9.59 Å². The summed E-state index contributed by atoms with van der Waals surface area (Å²) in [5.74, 6) is -2.51. The second kappa shape index (κ2) is 14.5. The van der Waals surface area contributed by atoms with Crippen molar-refractivity contribution in [2.75, 3.05) is 19.6 Å². The van der Waals surface area contributed by atoms with Crippen LogP contribution in [0.1, 0.15) is 42.5 Å². The summed E-state index contributed by atoms with van der Waals surface area (Å²) < 4.78 is 1.40. The third-order valence-corrected chi connectivity index (χ3v) is 8.37. The van der Waals surface area contributed by atoms with Gasteiger partial charge in [0, 0.05) is 34.8 Å². The molecule has 3 aromatic rings. The Balaban J connectivity index is 0.000000414. The molecule has 1 aliphatic carbocycles. The molecule has 0 bridgehead atoms. The molecule has 0 saturated heterocycles. The average Bonchev–Trinajstić information content (AvgIpc) is 3.33. The molecule has 2 aromatic carbocycles. The van der Waals surface area contributed by atoms with E-state index in [1.54, 1.807) is 0 Å². The fourth-order valence-electron chi connectivity index (χ4n) is 4.47. The minimum Gasteiger partial charge on any atom is -0.478 e. The van der Waals surface area contributed by atoms with Gasteiger partial charge in [0.15, 0.2) is 0 Å². The van der Waals surface area contributed by atoms with Crippen LogP contribution in [-0.2, 0) is 21.5 Å². The number of aliphatic carboxylic acids is 2. The summed E-state index contributed by atoms with van der Waals surface area (Å²) in [7, 11) is 0. The molecule has 9 heteroatoms. The van der Waals surface area contributed by atoms with Crippen molar-refractivity contribution >= 4 is 56.6 Å². The molecule has 0 radical (unpaired) electrons. The van der Waals surface area contributed by atoms with Crippen molar-refractivity contribution in [1.82, 2.24) is 10.6 Å². The minimum atomic E-state index is -1.26. The third-order valence-electron chi connectivity index (χ3n) is 6.31. The van der Waals surface area contributed by atoms with Gasteiger partial charge in [0.25, 0.3) is 0 Å². The maximum absolute atomic E-state index is 9.55. The Bertz CT molecular complexity index is 1170. The van der Waals surface area contributed by atoms with Crippen molar-refractivity contribution in [3.05, 3.63) is 81.2 Å². The highest BCUT2D eigenvalue weighted by Crippen LogP contribution is 2.42. The van der Waals surface area contributed by atoms with Crippen molar-refractivity contribution in [2.24, 2.45) is 0 Å². The smallest absolute Gasteiger partial charge is 0.328 e. The Morgan fingerprint density at radius 3 is 2.24 bits per heavy atom. The lowest BCUT2D eigenvalue weighted by Crippen LogP contribution is -2.46. The molecule has 1 saturated carbocycles. The normalized spacial score (nSPS) is 14.9. The second-order valence-electron chi connectivity index (χ2n) is 8.98. The summed E-state index contributed by atoms with van der Waals surface area (Å²) in [5.41, 5.74) is 1.36. The lowest BCUT2D eigenvalue weighted by Gasteiger charge is -2.38. The molecule has 0 spiro atoms. The van der Waals surface area contributed by atoms with E-state index in [0.717, 1.165) is 26.1 Å². The van der Waals surface area contributed by atoms with Crippen molar-refractivity contribution in [1.29, 1.82) is 0 Å². The summed E-state index contributed by atoms with van der Waals surface area (Å²) in [6, 6.07) is 17.0. The number of benzene rings is 2. The van der Waals surface area contributed by atoms with E-state index in [1.807, 2.05) is 29.5 Å². The van der Waals surface area contributed by atoms with Gasteiger partial charge in [-0.2, -0.15) is 0 Å². The molecule has 0 unspecified atom stereocenters. The Hall–Kier alpha value is -2.42. The van der Waals surface area contributed by atoms with Crippen LogP contribution in [0.4, 0.5) is 0 Å². The molecule has 198 valence electrons. The van der Waals surface area contributed by atoms with Crippen LogP contribution in [-0.4, -0.2) is 41.8 Å². The van der Waals surface area contributed by atoms with Crippen LogP contribution in [0.3, 0.4) is 0 Å². The van der Waals surface area contributed by atoms with Crippen LogP contribution < -0.4 is 10.6 Å². The first-order valence-corrected chi connectivity index (χ1v) is 13.9. The average molecular weight is 564 g/mol. The second-order valence-corrected chi connectivity index (χ2v) is 10.9. The topological polar surface area (TPSA) is 98.7 Å². The summed E-state index contributed by atoms with van der Waals surface area (Å²) >= 11 is 14.1. The van der Waals surface area contributed by atoms with E-state index in [0.29, 0.717) is 22.2 Å². The Kier molecular flexibility index (Phi) is 11.4. The lowest BCUT2D eigenvalue weighted by molar-refractivity contribution is -0.134. The van der Waals surface area contributed by atoms with Crippen molar-refractivity contribution in [3.63, 3.8) is 0 Å². The first kappa shape index (κ1) is 29.1. The van der Waals surface area contributed by atoms with Crippen LogP contribution in [0.5, 0.6) is 0 Å². The van der Waals surface area contributed by atoms with E-state index in [1.165, 1.54) is 52.6 Å². The highest BCUT2D eigenvalue weighted by atomic mass is 35.5. The number of carboxylic acids is 2. The van der Waals surface area contributed by atoms with Crippen molar-refractivity contribution in [3.8, 4) is 0 Å². The zero-order chi connectivity index (χ0) is 26.7. The predicted molar refractivity (Wildman–Crippen MR) is 152 cm³/mol. The minimum absolute atomic E-state index is 0.146. The van der Waals surface area contributed by atoms with Crippen LogP contribution >= 0.6 is 34.5 Å². The number of hydrogen-bond acceptors (Lipinski definition) is 5. The van der Waals surface area contributed by atoms with Crippen LogP contribution in [0.15, 0.2) is 60.7 Å². The van der Waals surface area contributed by atoms with Gasteiger partial charge in [0.1, 0.15) is 0 Å². The SMILES string of the molecule is Clc1ccc(CCNCCNC2(c3cc4ccccc4s3)CCCCC2)cc1Cl.O=C(O)/C=C\C(=O)O. The fourth-order valence-corrected chi connectivity index (χ4v) is 6.08. The van der Waals surface area contributed by atoms with E-state index >= 15 is 0 Å². The number of fused-ring (bicyclic) bond motifs is 1. The lowest BCUT2D eigenvalue weighted by atomic mass is 9.80. The molecule has 0 atom stereocenters. The molecule has 0 amide bonds. The maximum Gasteiger partial charge on any atom is 0.328 e. The highest BCUT2D eigenvalue weighted by Gasteiger charge is 2.34. The Morgan fingerprint density at radius 2 is 1.59 bits per heavy atom. The van der Waals surface area contributed by atoms with Gasteiger partial charge in [-0.1, -0.05) is 66.7 Å². The maximum atomic E-state index is 9.55. The molecule has 4 rings (SSSR count). The van der Waals surface area contributed by atoms with E-state index in [2.05, 4.69) is 41.0 Å². The summed E-state index contributed by atoms with van der Waals surface area (Å²) in [6.45, 7) is 2.89. The van der Waals surface area contributed by atoms with E-state index in [4.69, 9.17) is 33.4 Å². The molecule has 0 aliphatic heterocycles. The summed E-state index contributed by atoms with van der Waals surface area (Å²) in [4.78, 5) is 20.6. The molecule has 1 aromatic heterocycles. The quantitative estimate of drug-likeness (QED) is 0.166. The summed E-state index contributed by atoms with van der Waals surface area (Å²) in [5, 5.41) is 25.8. The Labute approximate surface area is 231 Å². The number of thiophene rings is 1. The van der Waals surface area contributed by atoms with Gasteiger partial charge in [-0.3, -0.25) is 0 Å². The number of carbonyl (C=O) groups is 2. The highest BCUT2D eigenvalue weighted by molar-refractivity contribution is 7.19. The number of hydrogen-bond donors (Lipinski definition) is 4. The first-order chi connectivity index (χ1) is 17.8. The molecule has 1 fully saturated rings. The van der Waals surface area contributed by atoms with Gasteiger partial charge >= 0.3 is 11.9 Å². The third kappa shape index (κ3) is 9.13. The predicted octanol–water partition coefficient (Wildman–Crippen LogP) is 6.50. The number of rotatable bonds is 10. The monoisotopic (exact) mass is 562 g/mol. The zero-order valence-corrected chi connectivity index (χ0v) is 22.8. The number of carboxylic acid groups (broad SMARTS) is 2. The molecule has 1 aliphatic rings. The number of halogens is 2. The fraction of sp³-hybridized carbons (Fsp3) is 0.357. The first-order valence-electron chi connectivity index (χ1n) is 12.3. The van der Waals surface area contributed by atoms with E-state index in [-0.39, 0.29) is 5.54 Å². The molecule has 6 nitrogen and oxygen atoms in total. The van der Waals surface area contributed by atoms with Gasteiger partial charge in [-0.05, 0) is 61.0 Å². The van der Waals surface area contributed by atoms with Gasteiger partial charge in [0.2, 0.25) is 0 Å². The van der Waals surface area contributed by atoms with Gasteiger partial charge in [-0.15, -0.1) is 11.3 Å². The van der Waals surface area contributed by atoms with E-state index < -0.39 is 11.9 Å². The molecule has 4 N–H and O–H groups in total. The van der Waals surface area contributed by atoms with Crippen molar-refractivity contribution < 1.29 is 19.8 Å². The van der Waals surface area contributed by atoms with Crippen LogP contribution in [0, 0.1) is 0 Å². The molecule has 1 heterocycles. The standard InChI is InChI=1S/C24H28Cl2N2S.C4H4O4/c25-20-9-8-18(16-21(20)26)10-13-27-14-15-28-24(11-4-1-5-12-24)23-17-19-6-2-3-7-22(19)29-23;5-3(6)1-2-4(7)8/h2-3,6-9,16-17,27-28H,1,4-5,10-15H2;1-2H,(H,5,6)(H,7,8)/b;2-1-.